The Balaban J connectivity index is 2.25. The highest BCUT2D eigenvalue weighted by Crippen LogP contribution is 2.11. The highest BCUT2D eigenvalue weighted by Gasteiger charge is 2.09. The topological polar surface area (TPSA) is 70.1 Å². The van der Waals surface area contributed by atoms with E-state index in [-0.39, 0.29) is 5.97 Å². The normalized spacial score (nSPS) is 10.5. The monoisotopic (exact) mass is 312 g/mol. The first kappa shape index (κ1) is 18.3. The first-order chi connectivity index (χ1) is 10.7. The van der Waals surface area contributed by atoms with E-state index in [1.54, 1.807) is 25.4 Å². The van der Waals surface area contributed by atoms with E-state index in [9.17, 15) is 4.79 Å². The van der Waals surface area contributed by atoms with Crippen molar-refractivity contribution in [2.24, 2.45) is 0 Å². The number of anilines is 1. The Hall–Kier alpha value is -1.70. The molecule has 0 bridgehead atoms. The van der Waals surface area contributed by atoms with Gasteiger partial charge >= 0.3 is 5.97 Å². The maximum Gasteiger partial charge on any atom is 0.338 e. The smallest absolute Gasteiger partial charge is 0.338 e. The molecule has 0 saturated heterocycles. The summed E-state index contributed by atoms with van der Waals surface area (Å²) in [5.41, 5.74) is 0.479. The number of aromatic nitrogens is 1. The molecule has 22 heavy (non-hydrogen) atoms. The molecule has 0 aliphatic heterocycles. The number of hydrogen-bond acceptors (Lipinski definition) is 7. The van der Waals surface area contributed by atoms with Crippen molar-refractivity contribution in [1.82, 2.24) is 4.98 Å². The number of nitrogens with zero attached hydrogens (tertiary/aromatic N) is 2. The first-order valence-electron chi connectivity index (χ1n) is 7.09. The van der Waals surface area contributed by atoms with Crippen LogP contribution in [0.2, 0.25) is 0 Å². The van der Waals surface area contributed by atoms with Crippen molar-refractivity contribution < 1.29 is 23.7 Å². The fourth-order valence-corrected chi connectivity index (χ4v) is 1.65. The number of esters is 1. The molecule has 7 nitrogen and oxygen atoms in total. The van der Waals surface area contributed by atoms with E-state index in [0.717, 1.165) is 0 Å². The van der Waals surface area contributed by atoms with Crippen LogP contribution < -0.4 is 4.90 Å². The Bertz CT molecular complexity index is 442. The minimum atomic E-state index is -0.374. The van der Waals surface area contributed by atoms with E-state index in [2.05, 4.69) is 4.98 Å². The Labute approximate surface area is 131 Å². The highest BCUT2D eigenvalue weighted by molar-refractivity contribution is 5.90. The molecule has 1 heterocycles. The van der Waals surface area contributed by atoms with Crippen LogP contribution in [0.3, 0.4) is 0 Å². The second kappa shape index (κ2) is 10.9. The molecule has 0 aliphatic rings. The van der Waals surface area contributed by atoms with Crippen molar-refractivity contribution in [3.63, 3.8) is 0 Å². The van der Waals surface area contributed by atoms with E-state index < -0.39 is 0 Å². The zero-order chi connectivity index (χ0) is 16.2. The van der Waals surface area contributed by atoms with E-state index in [1.165, 1.54) is 7.11 Å². The Morgan fingerprint density at radius 3 is 2.50 bits per heavy atom. The molecular formula is C15H24N2O5. The van der Waals surface area contributed by atoms with E-state index in [0.29, 0.717) is 51.0 Å². The van der Waals surface area contributed by atoms with Crippen molar-refractivity contribution in [3.8, 4) is 0 Å². The lowest BCUT2D eigenvalue weighted by Gasteiger charge is -2.18. The fourth-order valence-electron chi connectivity index (χ4n) is 1.65. The summed E-state index contributed by atoms with van der Waals surface area (Å²) >= 11 is 0. The van der Waals surface area contributed by atoms with Crippen LogP contribution in [0.1, 0.15) is 10.4 Å². The van der Waals surface area contributed by atoms with Gasteiger partial charge in [-0.3, -0.25) is 0 Å². The molecule has 0 saturated carbocycles. The number of likely N-dealkylation sites (N-methyl/N-ethyl adjacent to an activating group) is 1. The average molecular weight is 312 g/mol. The number of methoxy groups -OCH3 is 2. The molecule has 0 N–H and O–H groups in total. The highest BCUT2D eigenvalue weighted by atomic mass is 16.5. The standard InChI is InChI=1S/C15H24N2O5/c1-17(6-7-21-10-11-22-9-8-19-2)14-12-13(4-5-16-14)15(18)20-3/h4-5,12H,6-11H2,1-3H3. The van der Waals surface area contributed by atoms with Gasteiger partial charge in [0.25, 0.3) is 0 Å². The van der Waals surface area contributed by atoms with Crippen molar-refractivity contribution in [2.75, 3.05) is 65.7 Å². The van der Waals surface area contributed by atoms with Gasteiger partial charge in [-0.15, -0.1) is 0 Å². The molecule has 0 amide bonds. The molecule has 0 unspecified atom stereocenters. The summed E-state index contributed by atoms with van der Waals surface area (Å²) in [6, 6.07) is 3.32. The molecule has 0 radical (unpaired) electrons. The van der Waals surface area contributed by atoms with Gasteiger partial charge in [0.1, 0.15) is 5.82 Å². The van der Waals surface area contributed by atoms with Crippen LogP contribution in [0.4, 0.5) is 5.82 Å². The number of hydrogen-bond donors (Lipinski definition) is 0. The van der Waals surface area contributed by atoms with Crippen LogP contribution in [0.25, 0.3) is 0 Å². The summed E-state index contributed by atoms with van der Waals surface area (Å²) in [5, 5.41) is 0. The van der Waals surface area contributed by atoms with Crippen molar-refractivity contribution in [3.05, 3.63) is 23.9 Å². The SMILES string of the molecule is COCCOCCOCCN(C)c1cc(C(=O)OC)ccn1. The van der Waals surface area contributed by atoms with E-state index in [1.807, 2.05) is 11.9 Å². The number of rotatable bonds is 11. The van der Waals surface area contributed by atoms with Crippen LogP contribution in [-0.4, -0.2) is 71.8 Å². The maximum absolute atomic E-state index is 11.5. The first-order valence-corrected chi connectivity index (χ1v) is 7.09. The molecular weight excluding hydrogens is 288 g/mol. The number of carbonyl (C=O) groups is 1. The average Bonchev–Trinajstić information content (AvgIpc) is 2.56. The molecule has 0 spiro atoms. The maximum atomic E-state index is 11.5. The van der Waals surface area contributed by atoms with E-state index in [4.69, 9.17) is 18.9 Å². The fraction of sp³-hybridized carbons (Fsp3) is 0.600. The van der Waals surface area contributed by atoms with Crippen molar-refractivity contribution in [1.29, 1.82) is 0 Å². The van der Waals surface area contributed by atoms with Gasteiger partial charge in [-0.2, -0.15) is 0 Å². The lowest BCUT2D eigenvalue weighted by atomic mass is 10.2. The predicted octanol–water partition coefficient (Wildman–Crippen LogP) is 0.984. The minimum absolute atomic E-state index is 0.374. The van der Waals surface area contributed by atoms with Crippen LogP contribution in [0.15, 0.2) is 18.3 Å². The quantitative estimate of drug-likeness (QED) is 0.445. The zero-order valence-electron chi connectivity index (χ0n) is 13.4. The Morgan fingerprint density at radius 2 is 1.82 bits per heavy atom. The van der Waals surface area contributed by atoms with Crippen molar-refractivity contribution >= 4 is 11.8 Å². The molecule has 1 aromatic heterocycles. The number of ether oxygens (including phenoxy) is 4. The van der Waals surface area contributed by atoms with Gasteiger partial charge in [-0.25, -0.2) is 9.78 Å². The molecule has 0 aliphatic carbocycles. The summed E-state index contributed by atoms with van der Waals surface area (Å²) < 4.78 is 20.3. The van der Waals surface area contributed by atoms with Crippen LogP contribution in [0, 0.1) is 0 Å². The van der Waals surface area contributed by atoms with Crippen molar-refractivity contribution in [2.45, 2.75) is 0 Å². The molecule has 0 atom stereocenters. The Kier molecular flexibility index (Phi) is 9.13. The minimum Gasteiger partial charge on any atom is -0.465 e. The van der Waals surface area contributed by atoms with Gasteiger partial charge < -0.3 is 23.8 Å². The van der Waals surface area contributed by atoms with E-state index >= 15 is 0 Å². The van der Waals surface area contributed by atoms with Gasteiger partial charge in [0.15, 0.2) is 0 Å². The van der Waals surface area contributed by atoms with Crippen LogP contribution >= 0.6 is 0 Å². The van der Waals surface area contributed by atoms with Gasteiger partial charge in [0.2, 0.25) is 0 Å². The second-order valence-corrected chi connectivity index (χ2v) is 4.53. The third-order valence-corrected chi connectivity index (χ3v) is 2.93. The third-order valence-electron chi connectivity index (χ3n) is 2.93. The Morgan fingerprint density at radius 1 is 1.14 bits per heavy atom. The van der Waals surface area contributed by atoms with Gasteiger partial charge in [0, 0.05) is 26.9 Å². The molecule has 1 rings (SSSR count). The summed E-state index contributed by atoms with van der Waals surface area (Å²) in [4.78, 5) is 17.6. The molecule has 0 fully saturated rings. The molecule has 0 aromatic carbocycles. The van der Waals surface area contributed by atoms with Gasteiger partial charge in [0.05, 0.1) is 45.7 Å². The number of pyridine rings is 1. The van der Waals surface area contributed by atoms with Crippen LogP contribution in [-0.2, 0) is 18.9 Å². The second-order valence-electron chi connectivity index (χ2n) is 4.53. The summed E-state index contributed by atoms with van der Waals surface area (Å²) in [5.74, 6) is 0.323. The number of carbonyl (C=O) groups excluding carboxylic acids is 1. The lowest BCUT2D eigenvalue weighted by molar-refractivity contribution is 0.0266. The summed E-state index contributed by atoms with van der Waals surface area (Å²) in [6.07, 6.45) is 1.59. The zero-order valence-corrected chi connectivity index (χ0v) is 13.4. The molecule has 7 heteroatoms. The molecule has 1 aromatic rings. The van der Waals surface area contributed by atoms with Gasteiger partial charge in [-0.05, 0) is 12.1 Å². The largest absolute Gasteiger partial charge is 0.465 e. The van der Waals surface area contributed by atoms with Gasteiger partial charge in [-0.1, -0.05) is 0 Å². The summed E-state index contributed by atoms with van der Waals surface area (Å²) in [6.45, 7) is 3.45. The lowest BCUT2D eigenvalue weighted by Crippen LogP contribution is -2.24. The van der Waals surface area contributed by atoms with Crippen LogP contribution in [0.5, 0.6) is 0 Å². The molecule has 124 valence electrons. The predicted molar refractivity (Wildman–Crippen MR) is 82.4 cm³/mol. The summed E-state index contributed by atoms with van der Waals surface area (Å²) in [7, 11) is 4.88. The third kappa shape index (κ3) is 6.84.